The van der Waals surface area contributed by atoms with Crippen molar-refractivity contribution in [1.82, 2.24) is 4.57 Å². The molecule has 1 aromatic heterocycles. The third-order valence-corrected chi connectivity index (χ3v) is 5.92. The first-order valence-electron chi connectivity index (χ1n) is 9.91. The zero-order chi connectivity index (χ0) is 19.8. The van der Waals surface area contributed by atoms with Gasteiger partial charge in [-0.15, -0.1) is 0 Å². The number of nitrogens with zero attached hydrogens (tertiary/aromatic N) is 2. The molecule has 28 heavy (non-hydrogen) atoms. The molecule has 0 saturated carbocycles. The van der Waals surface area contributed by atoms with Crippen LogP contribution in [0.15, 0.2) is 54.6 Å². The summed E-state index contributed by atoms with van der Waals surface area (Å²) in [5.41, 5.74) is 13.1. The Hall–Kier alpha value is -3.01. The minimum atomic E-state index is 0.0613. The lowest BCUT2D eigenvalue weighted by Gasteiger charge is -2.30. The fourth-order valence-corrected chi connectivity index (χ4v) is 4.48. The first kappa shape index (κ1) is 18.4. The van der Waals surface area contributed by atoms with Crippen LogP contribution in [0.1, 0.15) is 52.3 Å². The number of amides is 1. The van der Waals surface area contributed by atoms with E-state index in [1.54, 1.807) is 0 Å². The number of hydrogen-bond donors (Lipinski definition) is 1. The van der Waals surface area contributed by atoms with E-state index in [9.17, 15) is 4.79 Å². The van der Waals surface area contributed by atoms with E-state index < -0.39 is 0 Å². The average molecular weight is 374 g/mol. The maximum absolute atomic E-state index is 13.5. The molecule has 1 unspecified atom stereocenters. The molecule has 2 heterocycles. The zero-order valence-corrected chi connectivity index (χ0v) is 16.8. The smallest absolute Gasteiger partial charge is 0.260 e. The van der Waals surface area contributed by atoms with Crippen LogP contribution in [0.4, 0.5) is 11.4 Å². The van der Waals surface area contributed by atoms with Crippen LogP contribution in [0.5, 0.6) is 0 Å². The summed E-state index contributed by atoms with van der Waals surface area (Å²) < 4.78 is 2.26. The molecule has 0 saturated heterocycles. The number of aromatic nitrogens is 1. The number of carbonyl (C=O) groups is 1. The first-order chi connectivity index (χ1) is 13.5. The predicted molar refractivity (Wildman–Crippen MR) is 115 cm³/mol. The number of nitrogen functional groups attached to an aromatic ring is 1. The molecular formula is C24H27N3O. The molecule has 144 valence electrons. The number of aryl methyl sites for hydroxylation is 1. The van der Waals surface area contributed by atoms with Crippen LogP contribution >= 0.6 is 0 Å². The summed E-state index contributed by atoms with van der Waals surface area (Å²) in [6, 6.07) is 18.5. The normalized spacial score (nSPS) is 14.6. The van der Waals surface area contributed by atoms with Gasteiger partial charge in [0.2, 0.25) is 0 Å². The number of fused-ring (bicyclic) bond motifs is 1. The van der Waals surface area contributed by atoms with Crippen molar-refractivity contribution in [2.24, 2.45) is 0 Å². The predicted octanol–water partition coefficient (Wildman–Crippen LogP) is 4.89. The molecule has 3 aromatic rings. The molecule has 0 aliphatic carbocycles. The molecule has 4 rings (SSSR count). The van der Waals surface area contributed by atoms with E-state index in [4.69, 9.17) is 5.73 Å². The minimum absolute atomic E-state index is 0.0613. The lowest BCUT2D eigenvalue weighted by Crippen LogP contribution is -2.36. The second-order valence-corrected chi connectivity index (χ2v) is 7.65. The fraction of sp³-hybridized carbons (Fsp3) is 0.292. The van der Waals surface area contributed by atoms with Gasteiger partial charge in [-0.1, -0.05) is 36.4 Å². The van der Waals surface area contributed by atoms with E-state index in [0.29, 0.717) is 0 Å². The molecule has 0 bridgehead atoms. The van der Waals surface area contributed by atoms with Gasteiger partial charge in [0.1, 0.15) is 0 Å². The van der Waals surface area contributed by atoms with Crippen molar-refractivity contribution in [3.63, 3.8) is 0 Å². The molecule has 4 heteroatoms. The first-order valence-corrected chi connectivity index (χ1v) is 9.91. The Morgan fingerprint density at radius 2 is 1.82 bits per heavy atom. The van der Waals surface area contributed by atoms with Crippen molar-refractivity contribution in [3.05, 3.63) is 82.7 Å². The molecule has 0 radical (unpaired) electrons. The van der Waals surface area contributed by atoms with Gasteiger partial charge in [-0.2, -0.15) is 0 Å². The molecule has 2 N–H and O–H groups in total. The zero-order valence-electron chi connectivity index (χ0n) is 16.8. The highest BCUT2D eigenvalue weighted by Crippen LogP contribution is 2.33. The Balaban J connectivity index is 1.72. The Morgan fingerprint density at radius 3 is 2.57 bits per heavy atom. The van der Waals surface area contributed by atoms with Crippen LogP contribution in [0.25, 0.3) is 0 Å². The van der Waals surface area contributed by atoms with Crippen molar-refractivity contribution in [2.75, 3.05) is 17.2 Å². The number of anilines is 2. The minimum Gasteiger partial charge on any atom is -0.398 e. The Kier molecular flexibility index (Phi) is 4.71. The number of nitrogens with two attached hydrogens (primary N) is 1. The monoisotopic (exact) mass is 373 g/mol. The Bertz CT molecular complexity index is 1020. The van der Waals surface area contributed by atoms with Crippen molar-refractivity contribution in [2.45, 2.75) is 39.7 Å². The molecule has 1 aliphatic rings. The highest BCUT2D eigenvalue weighted by Gasteiger charge is 2.28. The third-order valence-electron chi connectivity index (χ3n) is 5.92. The lowest BCUT2D eigenvalue weighted by molar-refractivity contribution is 0.0984. The second kappa shape index (κ2) is 7.19. The van der Waals surface area contributed by atoms with Crippen molar-refractivity contribution < 1.29 is 4.79 Å². The molecule has 0 spiro atoms. The van der Waals surface area contributed by atoms with Crippen LogP contribution in [0.2, 0.25) is 0 Å². The van der Waals surface area contributed by atoms with Gasteiger partial charge in [-0.3, -0.25) is 4.79 Å². The van der Waals surface area contributed by atoms with Crippen molar-refractivity contribution in [1.29, 1.82) is 0 Å². The van der Waals surface area contributed by atoms with Gasteiger partial charge in [0, 0.05) is 29.3 Å². The molecular weight excluding hydrogens is 346 g/mol. The number of carbonyl (C=O) groups excluding carboxylic acids is 1. The maximum atomic E-state index is 13.5. The lowest BCUT2D eigenvalue weighted by atomic mass is 9.99. The topological polar surface area (TPSA) is 51.3 Å². The molecule has 1 atom stereocenters. The van der Waals surface area contributed by atoms with Crippen LogP contribution in [0.3, 0.4) is 0 Å². The van der Waals surface area contributed by atoms with Gasteiger partial charge in [-0.25, -0.2) is 0 Å². The standard InChI is InChI=1S/C24H27N3O/c1-16-15-21(18(3)27(16)17(2)19-9-5-4-6-10-19)24(28)26-14-8-11-20-22(25)12-7-13-23(20)26/h4-7,9-10,12-13,15,17H,8,11,14,25H2,1-3H3. The molecule has 1 amide bonds. The largest absolute Gasteiger partial charge is 0.398 e. The highest BCUT2D eigenvalue weighted by atomic mass is 16.2. The second-order valence-electron chi connectivity index (χ2n) is 7.65. The van der Waals surface area contributed by atoms with Crippen LogP contribution in [-0.4, -0.2) is 17.0 Å². The van der Waals surface area contributed by atoms with E-state index in [-0.39, 0.29) is 11.9 Å². The van der Waals surface area contributed by atoms with Gasteiger partial charge in [0.15, 0.2) is 0 Å². The van der Waals surface area contributed by atoms with E-state index in [1.807, 2.05) is 42.2 Å². The Labute approximate surface area is 166 Å². The van der Waals surface area contributed by atoms with Crippen LogP contribution in [0, 0.1) is 13.8 Å². The molecule has 2 aromatic carbocycles. The quantitative estimate of drug-likeness (QED) is 0.665. The summed E-state index contributed by atoms with van der Waals surface area (Å²) in [4.78, 5) is 15.4. The number of hydrogen-bond acceptors (Lipinski definition) is 2. The average Bonchev–Trinajstić information content (AvgIpc) is 3.01. The van der Waals surface area contributed by atoms with Crippen molar-refractivity contribution in [3.8, 4) is 0 Å². The maximum Gasteiger partial charge on any atom is 0.260 e. The van der Waals surface area contributed by atoms with Crippen molar-refractivity contribution >= 4 is 17.3 Å². The molecule has 0 fully saturated rings. The van der Waals surface area contributed by atoms with Gasteiger partial charge >= 0.3 is 0 Å². The SMILES string of the molecule is Cc1cc(C(=O)N2CCCc3c(N)cccc32)c(C)n1C(C)c1ccccc1. The Morgan fingerprint density at radius 1 is 1.07 bits per heavy atom. The van der Waals surface area contributed by atoms with Gasteiger partial charge < -0.3 is 15.2 Å². The van der Waals surface area contributed by atoms with Crippen LogP contribution < -0.4 is 10.6 Å². The number of rotatable bonds is 3. The summed E-state index contributed by atoms with van der Waals surface area (Å²) in [5, 5.41) is 0. The molecule has 1 aliphatic heterocycles. The van der Waals surface area contributed by atoms with Gasteiger partial charge in [0.25, 0.3) is 5.91 Å². The third kappa shape index (κ3) is 2.99. The van der Waals surface area contributed by atoms with E-state index in [2.05, 4.69) is 42.7 Å². The summed E-state index contributed by atoms with van der Waals surface area (Å²) in [7, 11) is 0. The van der Waals surface area contributed by atoms with E-state index in [1.165, 1.54) is 5.56 Å². The summed E-state index contributed by atoms with van der Waals surface area (Å²) in [5.74, 6) is 0.0613. The summed E-state index contributed by atoms with van der Waals surface area (Å²) in [6.45, 7) is 7.03. The number of benzene rings is 2. The van der Waals surface area contributed by atoms with E-state index >= 15 is 0 Å². The summed E-state index contributed by atoms with van der Waals surface area (Å²) in [6.07, 6.45) is 1.86. The summed E-state index contributed by atoms with van der Waals surface area (Å²) >= 11 is 0. The molecule has 4 nitrogen and oxygen atoms in total. The van der Waals surface area contributed by atoms with E-state index in [0.717, 1.165) is 53.3 Å². The van der Waals surface area contributed by atoms with Crippen LogP contribution in [-0.2, 0) is 6.42 Å². The van der Waals surface area contributed by atoms with Gasteiger partial charge in [0.05, 0.1) is 11.6 Å². The highest BCUT2D eigenvalue weighted by molar-refractivity contribution is 6.08. The fourth-order valence-electron chi connectivity index (χ4n) is 4.48. The van der Waals surface area contributed by atoms with Gasteiger partial charge in [-0.05, 0) is 62.9 Å².